The van der Waals surface area contributed by atoms with Crippen molar-refractivity contribution in [3.63, 3.8) is 0 Å². The molecule has 0 radical (unpaired) electrons. The van der Waals surface area contributed by atoms with Gasteiger partial charge in [0.05, 0.1) is 11.9 Å². The molecule has 2 aromatic heterocycles. The zero-order chi connectivity index (χ0) is 9.42. The third-order valence-electron chi connectivity index (χ3n) is 1.81. The predicted molar refractivity (Wildman–Crippen MR) is 47.7 cm³/mol. The summed E-state index contributed by atoms with van der Waals surface area (Å²) in [4.78, 5) is 15.1. The van der Waals surface area contributed by atoms with Gasteiger partial charge in [-0.15, -0.1) is 0 Å². The topological polar surface area (TPSA) is 47.3 Å². The number of aryl methyl sites for hydroxylation is 1. The lowest BCUT2D eigenvalue weighted by Gasteiger charge is -1.91. The van der Waals surface area contributed by atoms with Gasteiger partial charge < -0.3 is 0 Å². The minimum absolute atomic E-state index is 0.0387. The first kappa shape index (κ1) is 7.91. The maximum absolute atomic E-state index is 11.0. The lowest BCUT2D eigenvalue weighted by Crippen LogP contribution is -1.91. The Kier molecular flexibility index (Phi) is 1.62. The van der Waals surface area contributed by atoms with E-state index < -0.39 is 0 Å². The Hall–Kier alpha value is -1.71. The van der Waals surface area contributed by atoms with Gasteiger partial charge in [0, 0.05) is 6.92 Å². The third-order valence-corrected chi connectivity index (χ3v) is 1.81. The van der Waals surface area contributed by atoms with Gasteiger partial charge in [0.15, 0.2) is 11.4 Å². The largest absolute Gasteiger partial charge is 0.293 e. The van der Waals surface area contributed by atoms with Crippen molar-refractivity contribution in [1.29, 1.82) is 0 Å². The van der Waals surface area contributed by atoms with Gasteiger partial charge in [0.25, 0.3) is 0 Å². The van der Waals surface area contributed by atoms with E-state index in [9.17, 15) is 4.79 Å². The normalized spacial score (nSPS) is 10.6. The van der Waals surface area contributed by atoms with Gasteiger partial charge in [0.2, 0.25) is 0 Å². The van der Waals surface area contributed by atoms with E-state index in [0.29, 0.717) is 11.3 Å². The maximum Gasteiger partial charge on any atom is 0.179 e. The number of aromatic nitrogens is 3. The summed E-state index contributed by atoms with van der Waals surface area (Å²) in [6.07, 6.45) is 1.64. The lowest BCUT2D eigenvalue weighted by molar-refractivity contribution is 0.101. The van der Waals surface area contributed by atoms with Gasteiger partial charge in [-0.25, -0.2) is 9.50 Å². The summed E-state index contributed by atoms with van der Waals surface area (Å²) in [7, 11) is 0. The number of ketones is 1. The smallest absolute Gasteiger partial charge is 0.179 e. The van der Waals surface area contributed by atoms with Crippen molar-refractivity contribution in [3.05, 3.63) is 29.7 Å². The fraction of sp³-hybridized carbons (Fsp3) is 0.222. The van der Waals surface area contributed by atoms with E-state index in [-0.39, 0.29) is 5.78 Å². The molecule has 0 aliphatic rings. The second kappa shape index (κ2) is 2.65. The molecule has 4 nitrogen and oxygen atoms in total. The molecule has 0 fully saturated rings. The number of imidazole rings is 1. The minimum Gasteiger partial charge on any atom is -0.293 e. The van der Waals surface area contributed by atoms with Crippen LogP contribution in [0.15, 0.2) is 18.3 Å². The van der Waals surface area contributed by atoms with Gasteiger partial charge in [-0.3, -0.25) is 4.79 Å². The van der Waals surface area contributed by atoms with E-state index in [4.69, 9.17) is 0 Å². The number of carbonyl (C=O) groups excluding carboxylic acids is 1. The molecule has 2 aromatic rings. The van der Waals surface area contributed by atoms with Crippen LogP contribution >= 0.6 is 0 Å². The van der Waals surface area contributed by atoms with E-state index in [0.717, 1.165) is 5.69 Å². The molecule has 0 bridgehead atoms. The Labute approximate surface area is 75.2 Å². The Morgan fingerprint density at radius 2 is 2.23 bits per heavy atom. The van der Waals surface area contributed by atoms with Crippen LogP contribution in [0.5, 0.6) is 0 Å². The summed E-state index contributed by atoms with van der Waals surface area (Å²) >= 11 is 0. The summed E-state index contributed by atoms with van der Waals surface area (Å²) in [5.74, 6) is -0.0387. The number of hydrogen-bond donors (Lipinski definition) is 0. The monoisotopic (exact) mass is 175 g/mol. The number of nitrogens with zero attached hydrogens (tertiary/aromatic N) is 3. The van der Waals surface area contributed by atoms with E-state index in [1.807, 2.05) is 19.1 Å². The second-order valence-corrected chi connectivity index (χ2v) is 2.96. The highest BCUT2D eigenvalue weighted by Crippen LogP contribution is 2.04. The van der Waals surface area contributed by atoms with E-state index in [1.54, 1.807) is 10.7 Å². The Balaban J connectivity index is 2.68. The Bertz CT molecular complexity index is 473. The molecule has 2 heterocycles. The van der Waals surface area contributed by atoms with Crippen molar-refractivity contribution in [3.8, 4) is 0 Å². The van der Waals surface area contributed by atoms with Crippen LogP contribution < -0.4 is 0 Å². The Morgan fingerprint density at radius 1 is 1.46 bits per heavy atom. The van der Waals surface area contributed by atoms with Crippen LogP contribution in [0, 0.1) is 6.92 Å². The standard InChI is InChI=1S/C9H9N3O/c1-6-3-4-9-10-8(7(2)13)5-12(9)11-6/h3-5H,1-2H3. The lowest BCUT2D eigenvalue weighted by atomic mass is 10.3. The van der Waals surface area contributed by atoms with Crippen molar-refractivity contribution in [2.45, 2.75) is 13.8 Å². The van der Waals surface area contributed by atoms with Crippen molar-refractivity contribution in [2.24, 2.45) is 0 Å². The van der Waals surface area contributed by atoms with Gasteiger partial charge in [-0.2, -0.15) is 5.10 Å². The molecular weight excluding hydrogens is 166 g/mol. The number of Topliss-reactive ketones (excluding diaryl/α,β-unsaturated/α-hetero) is 1. The number of carbonyl (C=O) groups is 1. The molecule has 4 heteroatoms. The van der Waals surface area contributed by atoms with E-state index in [2.05, 4.69) is 10.1 Å². The number of rotatable bonds is 1. The van der Waals surface area contributed by atoms with Gasteiger partial charge in [-0.1, -0.05) is 0 Å². The summed E-state index contributed by atoms with van der Waals surface area (Å²) < 4.78 is 1.62. The molecule has 0 spiro atoms. The first-order valence-corrected chi connectivity index (χ1v) is 4.01. The average Bonchev–Trinajstić information content (AvgIpc) is 2.46. The first-order valence-electron chi connectivity index (χ1n) is 4.01. The summed E-state index contributed by atoms with van der Waals surface area (Å²) in [6, 6.07) is 3.71. The van der Waals surface area contributed by atoms with Crippen molar-refractivity contribution in [2.75, 3.05) is 0 Å². The predicted octanol–water partition coefficient (Wildman–Crippen LogP) is 1.24. The van der Waals surface area contributed by atoms with Crippen LogP contribution in [0.4, 0.5) is 0 Å². The molecule has 66 valence electrons. The highest BCUT2D eigenvalue weighted by atomic mass is 16.1. The van der Waals surface area contributed by atoms with Crippen LogP contribution in [-0.2, 0) is 0 Å². The molecule has 0 N–H and O–H groups in total. The highest BCUT2D eigenvalue weighted by molar-refractivity contribution is 5.92. The molecule has 0 atom stereocenters. The van der Waals surface area contributed by atoms with Crippen molar-refractivity contribution in [1.82, 2.24) is 14.6 Å². The molecule has 0 aliphatic carbocycles. The molecule has 13 heavy (non-hydrogen) atoms. The molecule has 0 aromatic carbocycles. The Morgan fingerprint density at radius 3 is 2.92 bits per heavy atom. The van der Waals surface area contributed by atoms with Gasteiger partial charge in [-0.05, 0) is 19.1 Å². The quantitative estimate of drug-likeness (QED) is 0.612. The highest BCUT2D eigenvalue weighted by Gasteiger charge is 2.05. The van der Waals surface area contributed by atoms with Crippen LogP contribution in [-0.4, -0.2) is 20.4 Å². The van der Waals surface area contributed by atoms with Crippen LogP contribution in [0.2, 0.25) is 0 Å². The van der Waals surface area contributed by atoms with E-state index in [1.165, 1.54) is 6.92 Å². The summed E-state index contributed by atoms with van der Waals surface area (Å²) in [5.41, 5.74) is 2.06. The molecule has 0 saturated carbocycles. The van der Waals surface area contributed by atoms with Crippen LogP contribution in [0.1, 0.15) is 23.1 Å². The first-order chi connectivity index (χ1) is 6.16. The molecule has 0 saturated heterocycles. The van der Waals surface area contributed by atoms with Gasteiger partial charge in [0.1, 0.15) is 5.69 Å². The molecule has 0 aliphatic heterocycles. The number of hydrogen-bond acceptors (Lipinski definition) is 3. The fourth-order valence-electron chi connectivity index (χ4n) is 1.15. The zero-order valence-electron chi connectivity index (χ0n) is 7.48. The second-order valence-electron chi connectivity index (χ2n) is 2.96. The zero-order valence-corrected chi connectivity index (χ0v) is 7.48. The molecule has 0 unspecified atom stereocenters. The van der Waals surface area contributed by atoms with E-state index >= 15 is 0 Å². The van der Waals surface area contributed by atoms with Gasteiger partial charge >= 0.3 is 0 Å². The van der Waals surface area contributed by atoms with Crippen LogP contribution in [0.25, 0.3) is 5.65 Å². The van der Waals surface area contributed by atoms with Crippen molar-refractivity contribution < 1.29 is 4.79 Å². The summed E-state index contributed by atoms with van der Waals surface area (Å²) in [5, 5.41) is 4.18. The summed E-state index contributed by atoms with van der Waals surface area (Å²) in [6.45, 7) is 3.39. The van der Waals surface area contributed by atoms with Crippen molar-refractivity contribution >= 4 is 11.4 Å². The number of fused-ring (bicyclic) bond motifs is 1. The molecule has 0 amide bonds. The maximum atomic E-state index is 11.0. The molecular formula is C9H9N3O. The van der Waals surface area contributed by atoms with Crippen LogP contribution in [0.3, 0.4) is 0 Å². The average molecular weight is 175 g/mol. The fourth-order valence-corrected chi connectivity index (χ4v) is 1.15. The molecule has 2 rings (SSSR count). The minimum atomic E-state index is -0.0387. The SMILES string of the molecule is CC(=O)c1cn2nc(C)ccc2n1. The third kappa shape index (κ3) is 1.30.